The molecule has 0 bridgehead atoms. The summed E-state index contributed by atoms with van der Waals surface area (Å²) in [6, 6.07) is 8.69. The van der Waals surface area contributed by atoms with E-state index >= 15 is 0 Å². The maximum absolute atomic E-state index is 13.7. The fraction of sp³-hybridized carbons (Fsp3) is 0.360. The number of halogens is 1. The smallest absolute Gasteiger partial charge is 0.250 e. The first-order valence-electron chi connectivity index (χ1n) is 11.2. The number of nitrogens with two attached hydrogens (primary N) is 1. The number of likely N-dealkylation sites (tertiary alicyclic amines) is 1. The normalized spacial score (nSPS) is 27.3. The Bertz CT molecular complexity index is 1240. The number of nitrogens with one attached hydrogen (secondary N) is 2. The van der Waals surface area contributed by atoms with E-state index in [9.17, 15) is 23.6 Å². The quantitative estimate of drug-likeness (QED) is 0.581. The average molecular weight is 464 g/mol. The van der Waals surface area contributed by atoms with Gasteiger partial charge in [0.05, 0.1) is 18.4 Å². The number of imide groups is 1. The Morgan fingerprint density at radius 3 is 2.47 bits per heavy atom. The molecular weight excluding hydrogens is 439 g/mol. The molecule has 2 aromatic rings. The molecule has 4 amide bonds. The minimum Gasteiger partial charge on any atom is -0.370 e. The van der Waals surface area contributed by atoms with Crippen molar-refractivity contribution in [2.24, 2.45) is 17.6 Å². The van der Waals surface area contributed by atoms with E-state index < -0.39 is 52.9 Å². The fourth-order valence-electron chi connectivity index (χ4n) is 5.65. The average Bonchev–Trinajstić information content (AvgIpc) is 3.37. The van der Waals surface area contributed by atoms with Crippen LogP contribution in [0.1, 0.15) is 35.1 Å². The van der Waals surface area contributed by atoms with E-state index in [-0.39, 0.29) is 19.4 Å². The Morgan fingerprint density at radius 2 is 1.79 bits per heavy atom. The third kappa shape index (κ3) is 3.07. The van der Waals surface area contributed by atoms with Crippen LogP contribution in [0.5, 0.6) is 0 Å². The van der Waals surface area contributed by atoms with E-state index in [0.29, 0.717) is 16.8 Å². The maximum atomic E-state index is 13.7. The van der Waals surface area contributed by atoms with E-state index in [2.05, 4.69) is 10.6 Å². The topological polar surface area (TPSA) is 122 Å². The van der Waals surface area contributed by atoms with Crippen LogP contribution in [-0.2, 0) is 31.3 Å². The van der Waals surface area contributed by atoms with Gasteiger partial charge in [0, 0.05) is 23.7 Å². The van der Waals surface area contributed by atoms with Crippen LogP contribution in [-0.4, -0.2) is 34.6 Å². The van der Waals surface area contributed by atoms with Gasteiger partial charge in [0.15, 0.2) is 0 Å². The molecule has 2 saturated heterocycles. The van der Waals surface area contributed by atoms with Crippen molar-refractivity contribution in [1.29, 1.82) is 0 Å². The van der Waals surface area contributed by atoms with Crippen molar-refractivity contribution in [2.45, 2.75) is 44.8 Å². The highest BCUT2D eigenvalue weighted by molar-refractivity contribution is 6.15. The zero-order valence-corrected chi connectivity index (χ0v) is 18.9. The van der Waals surface area contributed by atoms with Gasteiger partial charge in [-0.1, -0.05) is 24.3 Å². The van der Waals surface area contributed by atoms with E-state index in [1.54, 1.807) is 0 Å². The number of aryl methyl sites for hydroxylation is 1. The summed E-state index contributed by atoms with van der Waals surface area (Å²) in [5.41, 5.74) is 7.68. The van der Waals surface area contributed by atoms with Gasteiger partial charge in [0.2, 0.25) is 23.6 Å². The molecule has 3 aliphatic rings. The van der Waals surface area contributed by atoms with Crippen molar-refractivity contribution in [3.05, 3.63) is 64.5 Å². The van der Waals surface area contributed by atoms with Gasteiger partial charge in [-0.2, -0.15) is 0 Å². The second-order valence-electron chi connectivity index (χ2n) is 9.34. The second-order valence-corrected chi connectivity index (χ2v) is 9.34. The van der Waals surface area contributed by atoms with Crippen molar-refractivity contribution in [2.75, 3.05) is 5.32 Å². The Labute approximate surface area is 195 Å². The van der Waals surface area contributed by atoms with Gasteiger partial charge in [0.25, 0.3) is 0 Å². The number of primary amides is 1. The summed E-state index contributed by atoms with van der Waals surface area (Å²) in [5, 5.41) is 6.22. The van der Waals surface area contributed by atoms with Gasteiger partial charge < -0.3 is 11.1 Å². The van der Waals surface area contributed by atoms with E-state index in [1.807, 2.05) is 26.0 Å². The highest BCUT2D eigenvalue weighted by Gasteiger charge is 2.70. The summed E-state index contributed by atoms with van der Waals surface area (Å²) in [6.07, 6.45) is 0.229. The van der Waals surface area contributed by atoms with Crippen LogP contribution >= 0.6 is 0 Å². The summed E-state index contributed by atoms with van der Waals surface area (Å²) < 4.78 is 13.3. The van der Waals surface area contributed by atoms with Gasteiger partial charge in [-0.05, 0) is 49.1 Å². The molecule has 2 fully saturated rings. The number of hydrogen-bond acceptors (Lipinski definition) is 5. The Morgan fingerprint density at radius 1 is 1.09 bits per heavy atom. The fourth-order valence-corrected chi connectivity index (χ4v) is 5.65. The zero-order valence-electron chi connectivity index (χ0n) is 18.9. The summed E-state index contributed by atoms with van der Waals surface area (Å²) in [4.78, 5) is 53.5. The van der Waals surface area contributed by atoms with Crippen LogP contribution in [0.2, 0.25) is 0 Å². The monoisotopic (exact) mass is 464 g/mol. The molecule has 8 nitrogen and oxygen atoms in total. The van der Waals surface area contributed by atoms with E-state index in [4.69, 9.17) is 5.73 Å². The Kier molecular flexibility index (Phi) is 5.05. The Balaban J connectivity index is 1.59. The minimum atomic E-state index is -1.43. The number of amides is 4. The Hall–Kier alpha value is -3.59. The molecule has 4 unspecified atom stereocenters. The van der Waals surface area contributed by atoms with Crippen molar-refractivity contribution < 1.29 is 23.6 Å². The first-order valence-corrected chi connectivity index (χ1v) is 11.2. The maximum Gasteiger partial charge on any atom is 0.250 e. The van der Waals surface area contributed by atoms with Gasteiger partial charge in [-0.25, -0.2) is 4.39 Å². The minimum absolute atomic E-state index is 0.0117. The number of carbonyl (C=O) groups is 4. The molecule has 4 N–H and O–H groups in total. The van der Waals surface area contributed by atoms with Crippen LogP contribution in [0.25, 0.3) is 0 Å². The number of rotatable bonds is 5. The highest BCUT2D eigenvalue weighted by atomic mass is 19.1. The van der Waals surface area contributed by atoms with Crippen LogP contribution in [0.4, 0.5) is 10.1 Å². The molecule has 0 saturated carbocycles. The lowest BCUT2D eigenvalue weighted by Gasteiger charge is -2.29. The van der Waals surface area contributed by atoms with Gasteiger partial charge in [-0.3, -0.25) is 29.4 Å². The highest BCUT2D eigenvalue weighted by Crippen LogP contribution is 2.54. The van der Waals surface area contributed by atoms with Gasteiger partial charge in [0.1, 0.15) is 11.4 Å². The molecule has 2 aromatic carbocycles. The summed E-state index contributed by atoms with van der Waals surface area (Å²) in [6.45, 7) is 3.81. The lowest BCUT2D eigenvalue weighted by molar-refractivity contribution is -0.143. The second kappa shape index (κ2) is 7.73. The number of anilines is 1. The molecule has 5 rings (SSSR count). The molecule has 0 aromatic heterocycles. The molecule has 34 heavy (non-hydrogen) atoms. The van der Waals surface area contributed by atoms with Crippen molar-refractivity contribution in [3.8, 4) is 0 Å². The third-order valence-electron chi connectivity index (χ3n) is 7.47. The number of benzene rings is 2. The lowest BCUT2D eigenvalue weighted by Crippen LogP contribution is -2.53. The first-order chi connectivity index (χ1) is 16.1. The molecule has 9 heteroatoms. The van der Waals surface area contributed by atoms with Gasteiger partial charge in [-0.15, -0.1) is 0 Å². The predicted molar refractivity (Wildman–Crippen MR) is 121 cm³/mol. The number of carbonyl (C=O) groups excluding carboxylic acids is 4. The van der Waals surface area contributed by atoms with Gasteiger partial charge >= 0.3 is 0 Å². The number of hydrogen-bond donors (Lipinski definition) is 3. The van der Waals surface area contributed by atoms with Crippen LogP contribution in [0.15, 0.2) is 36.4 Å². The van der Waals surface area contributed by atoms with E-state index in [1.165, 1.54) is 24.3 Å². The zero-order chi connectivity index (χ0) is 24.4. The molecule has 4 atom stereocenters. The van der Waals surface area contributed by atoms with Crippen LogP contribution in [0, 0.1) is 31.5 Å². The molecule has 0 aliphatic carbocycles. The summed E-state index contributed by atoms with van der Waals surface area (Å²) in [5.74, 6) is -4.01. The van der Waals surface area contributed by atoms with Crippen molar-refractivity contribution in [3.63, 3.8) is 0 Å². The third-order valence-corrected chi connectivity index (χ3v) is 7.47. The summed E-state index contributed by atoms with van der Waals surface area (Å²) in [7, 11) is 0. The molecule has 176 valence electrons. The number of fused-ring (bicyclic) bond motifs is 4. The SMILES string of the molecule is Cc1ccc2c(c1C)NC(=O)C21NC(CCC(N)=O)C2C(=O)N(Cc3ccc(F)cc3)C(=O)C21. The predicted octanol–water partition coefficient (Wildman–Crippen LogP) is 1.63. The first kappa shape index (κ1) is 22.2. The van der Waals surface area contributed by atoms with E-state index in [0.717, 1.165) is 16.0 Å². The largest absolute Gasteiger partial charge is 0.370 e. The van der Waals surface area contributed by atoms with Crippen molar-refractivity contribution >= 4 is 29.3 Å². The molecule has 1 spiro atoms. The van der Waals surface area contributed by atoms with Crippen molar-refractivity contribution in [1.82, 2.24) is 10.2 Å². The standard InChI is InChI=1S/C25H25FN4O4/c1-12-3-8-16-21(13(12)2)28-24(34)25(16)20-19(17(29-25)9-10-18(27)31)22(32)30(23(20)33)11-14-4-6-15(26)7-5-14/h3-8,17,19-20,29H,9-11H2,1-2H3,(H2,27,31)(H,28,34). The van der Waals surface area contributed by atoms with Crippen LogP contribution < -0.4 is 16.4 Å². The lowest BCUT2D eigenvalue weighted by atomic mass is 9.76. The molecule has 0 radical (unpaired) electrons. The molecule has 3 heterocycles. The van der Waals surface area contributed by atoms with Crippen LogP contribution in [0.3, 0.4) is 0 Å². The summed E-state index contributed by atoms with van der Waals surface area (Å²) >= 11 is 0. The molecular formula is C25H25FN4O4. The number of nitrogens with zero attached hydrogens (tertiary/aromatic N) is 1. The molecule has 3 aliphatic heterocycles.